The quantitative estimate of drug-likeness (QED) is 0.866. The first-order valence-corrected chi connectivity index (χ1v) is 6.08. The van der Waals surface area contributed by atoms with Crippen LogP contribution in [0.5, 0.6) is 0 Å². The summed E-state index contributed by atoms with van der Waals surface area (Å²) in [5.41, 5.74) is -0.0963. The number of hydrogen-bond donors (Lipinski definition) is 2. The molecule has 0 spiro atoms. The molecule has 5 heteroatoms. The lowest BCUT2D eigenvalue weighted by molar-refractivity contribution is 0.0928. The van der Waals surface area contributed by atoms with E-state index >= 15 is 0 Å². The summed E-state index contributed by atoms with van der Waals surface area (Å²) < 4.78 is 13.2. The second-order valence-electron chi connectivity index (χ2n) is 4.92. The first kappa shape index (κ1) is 14.9. The first-order chi connectivity index (χ1) is 8.37. The van der Waals surface area contributed by atoms with E-state index in [4.69, 9.17) is 16.7 Å². The number of aliphatic hydroxyl groups excluding tert-OH is 1. The highest BCUT2D eigenvalue weighted by molar-refractivity contribution is 6.34. The van der Waals surface area contributed by atoms with Crippen LogP contribution in [-0.2, 0) is 0 Å². The van der Waals surface area contributed by atoms with Crippen LogP contribution in [0.3, 0.4) is 0 Å². The molecule has 1 aromatic rings. The Labute approximate surface area is 111 Å². The number of hydrogen-bond acceptors (Lipinski definition) is 2. The lowest BCUT2D eigenvalue weighted by Crippen LogP contribution is -2.34. The van der Waals surface area contributed by atoms with Gasteiger partial charge in [-0.2, -0.15) is 0 Å². The molecule has 0 unspecified atom stereocenters. The van der Waals surface area contributed by atoms with Crippen LogP contribution in [0.1, 0.15) is 30.6 Å². The normalized spacial score (nSPS) is 11.4. The van der Waals surface area contributed by atoms with E-state index in [0.29, 0.717) is 13.0 Å². The van der Waals surface area contributed by atoms with E-state index in [1.54, 1.807) is 0 Å². The van der Waals surface area contributed by atoms with Crippen molar-refractivity contribution < 1.29 is 14.3 Å². The highest BCUT2D eigenvalue weighted by atomic mass is 35.5. The van der Waals surface area contributed by atoms with Gasteiger partial charge in [0.1, 0.15) is 5.82 Å². The zero-order chi connectivity index (χ0) is 13.8. The minimum absolute atomic E-state index is 0.0591. The lowest BCUT2D eigenvalue weighted by Gasteiger charge is -2.23. The van der Waals surface area contributed by atoms with Crippen molar-refractivity contribution in [3.8, 4) is 0 Å². The van der Waals surface area contributed by atoms with Gasteiger partial charge in [-0.1, -0.05) is 31.5 Å². The van der Waals surface area contributed by atoms with Crippen molar-refractivity contribution in [2.75, 3.05) is 13.2 Å². The average molecular weight is 274 g/mol. The minimum Gasteiger partial charge on any atom is -0.396 e. The van der Waals surface area contributed by atoms with Gasteiger partial charge >= 0.3 is 0 Å². The Balaban J connectivity index is 2.69. The van der Waals surface area contributed by atoms with E-state index in [1.165, 1.54) is 18.2 Å². The van der Waals surface area contributed by atoms with Crippen molar-refractivity contribution in [2.45, 2.75) is 20.3 Å². The van der Waals surface area contributed by atoms with Crippen molar-refractivity contribution >= 4 is 17.5 Å². The average Bonchev–Trinajstić information content (AvgIpc) is 2.30. The minimum atomic E-state index is -0.612. The zero-order valence-electron chi connectivity index (χ0n) is 10.5. The molecule has 1 aromatic carbocycles. The van der Waals surface area contributed by atoms with Crippen molar-refractivity contribution in [2.24, 2.45) is 5.41 Å². The fraction of sp³-hybridized carbons (Fsp3) is 0.462. The molecule has 3 nitrogen and oxygen atoms in total. The van der Waals surface area contributed by atoms with Crippen LogP contribution in [0.4, 0.5) is 4.39 Å². The van der Waals surface area contributed by atoms with Gasteiger partial charge in [-0.25, -0.2) is 4.39 Å². The van der Waals surface area contributed by atoms with E-state index < -0.39 is 11.7 Å². The summed E-state index contributed by atoms with van der Waals surface area (Å²) in [6.07, 6.45) is 0.574. The number of halogens is 2. The van der Waals surface area contributed by atoms with E-state index in [1.807, 2.05) is 13.8 Å². The highest BCUT2D eigenvalue weighted by Crippen LogP contribution is 2.21. The van der Waals surface area contributed by atoms with Crippen molar-refractivity contribution in [3.63, 3.8) is 0 Å². The molecule has 1 rings (SSSR count). The Morgan fingerprint density at radius 1 is 1.50 bits per heavy atom. The molecular weight excluding hydrogens is 257 g/mol. The number of amides is 1. The second kappa shape index (κ2) is 6.16. The maximum atomic E-state index is 13.2. The van der Waals surface area contributed by atoms with Crippen LogP contribution >= 0.6 is 11.6 Å². The van der Waals surface area contributed by atoms with Gasteiger partial charge in [-0.15, -0.1) is 0 Å². The van der Waals surface area contributed by atoms with Gasteiger partial charge in [-0.05, 0) is 24.0 Å². The molecule has 0 heterocycles. The molecular formula is C13H17ClFNO2. The second-order valence-corrected chi connectivity index (χ2v) is 5.30. The molecule has 0 aromatic heterocycles. The Bertz CT molecular complexity index is 435. The molecule has 0 atom stereocenters. The fourth-order valence-corrected chi connectivity index (χ4v) is 1.70. The molecule has 18 heavy (non-hydrogen) atoms. The number of aliphatic hydroxyl groups is 1. The summed E-state index contributed by atoms with van der Waals surface area (Å²) in [6, 6.07) is 4.11. The Kier molecular flexibility index (Phi) is 5.11. The summed E-state index contributed by atoms with van der Waals surface area (Å²) in [5.74, 6) is -1.02. The third-order valence-electron chi connectivity index (χ3n) is 2.71. The monoisotopic (exact) mass is 273 g/mol. The van der Waals surface area contributed by atoms with Crippen LogP contribution in [-0.4, -0.2) is 24.2 Å². The van der Waals surface area contributed by atoms with Crippen LogP contribution < -0.4 is 5.32 Å². The number of nitrogens with one attached hydrogen (secondary N) is 1. The van der Waals surface area contributed by atoms with Gasteiger partial charge in [0.2, 0.25) is 0 Å². The molecule has 0 saturated heterocycles. The standard InChI is InChI=1S/C13H17ClFNO2/c1-13(2,6-7-17)8-16-12(18)9-4-3-5-10(15)11(9)14/h3-5,17H,6-8H2,1-2H3,(H,16,18). The van der Waals surface area contributed by atoms with Crippen molar-refractivity contribution in [1.82, 2.24) is 5.32 Å². The maximum Gasteiger partial charge on any atom is 0.252 e. The molecule has 0 radical (unpaired) electrons. The Morgan fingerprint density at radius 2 is 2.17 bits per heavy atom. The topological polar surface area (TPSA) is 49.3 Å². The molecule has 1 amide bonds. The molecule has 0 bridgehead atoms. The zero-order valence-corrected chi connectivity index (χ0v) is 11.2. The maximum absolute atomic E-state index is 13.2. The van der Waals surface area contributed by atoms with Crippen LogP contribution in [0.2, 0.25) is 5.02 Å². The third kappa shape index (κ3) is 3.96. The first-order valence-electron chi connectivity index (χ1n) is 5.70. The summed E-state index contributed by atoms with van der Waals surface area (Å²) in [5, 5.41) is 11.4. The van der Waals surface area contributed by atoms with Gasteiger partial charge in [0, 0.05) is 13.2 Å². The van der Waals surface area contributed by atoms with Crippen LogP contribution in [0.15, 0.2) is 18.2 Å². The predicted octanol–water partition coefficient (Wildman–Crippen LogP) is 2.62. The fourth-order valence-electron chi connectivity index (χ4n) is 1.48. The van der Waals surface area contributed by atoms with Gasteiger partial charge in [0.25, 0.3) is 5.91 Å². The molecule has 100 valence electrons. The van der Waals surface area contributed by atoms with Crippen molar-refractivity contribution in [1.29, 1.82) is 0 Å². The highest BCUT2D eigenvalue weighted by Gasteiger charge is 2.20. The summed E-state index contributed by atoms with van der Waals surface area (Å²) in [6.45, 7) is 4.30. The SMILES string of the molecule is CC(C)(CCO)CNC(=O)c1cccc(F)c1Cl. The number of rotatable bonds is 5. The Hall–Kier alpha value is -1.13. The number of benzene rings is 1. The third-order valence-corrected chi connectivity index (χ3v) is 3.10. The molecule has 2 N–H and O–H groups in total. The smallest absolute Gasteiger partial charge is 0.252 e. The van der Waals surface area contributed by atoms with Gasteiger partial charge < -0.3 is 10.4 Å². The largest absolute Gasteiger partial charge is 0.396 e. The molecule has 0 aliphatic heterocycles. The van der Waals surface area contributed by atoms with Gasteiger partial charge in [0.15, 0.2) is 0 Å². The summed E-state index contributed by atoms with van der Waals surface area (Å²) in [4.78, 5) is 11.8. The van der Waals surface area contributed by atoms with E-state index in [0.717, 1.165) is 0 Å². The van der Waals surface area contributed by atoms with E-state index in [9.17, 15) is 9.18 Å². The molecule has 0 aliphatic carbocycles. The molecule has 0 fully saturated rings. The van der Waals surface area contributed by atoms with E-state index in [-0.39, 0.29) is 22.6 Å². The predicted molar refractivity (Wildman–Crippen MR) is 69.2 cm³/mol. The van der Waals surface area contributed by atoms with Gasteiger partial charge in [-0.3, -0.25) is 4.79 Å². The molecule has 0 saturated carbocycles. The van der Waals surface area contributed by atoms with Crippen molar-refractivity contribution in [3.05, 3.63) is 34.6 Å². The summed E-state index contributed by atoms with van der Waals surface area (Å²) in [7, 11) is 0. The number of carbonyl (C=O) groups excluding carboxylic acids is 1. The Morgan fingerprint density at radius 3 is 2.78 bits per heavy atom. The van der Waals surface area contributed by atoms with Gasteiger partial charge in [0.05, 0.1) is 10.6 Å². The molecule has 0 aliphatic rings. The van der Waals surface area contributed by atoms with Crippen LogP contribution in [0, 0.1) is 11.2 Å². The summed E-state index contributed by atoms with van der Waals surface area (Å²) >= 11 is 5.72. The number of carbonyl (C=O) groups is 1. The lowest BCUT2D eigenvalue weighted by atomic mass is 9.89. The van der Waals surface area contributed by atoms with Crippen LogP contribution in [0.25, 0.3) is 0 Å². The van der Waals surface area contributed by atoms with E-state index in [2.05, 4.69) is 5.32 Å².